The quantitative estimate of drug-likeness (QED) is 0.597. The van der Waals surface area contributed by atoms with Crippen molar-refractivity contribution in [2.45, 2.75) is 44.6 Å². The molecular weight excluding hydrogens is 208 g/mol. The third kappa shape index (κ3) is 4.18. The van der Waals surface area contributed by atoms with E-state index in [1.165, 1.54) is 32.1 Å². The SMILES string of the molecule is NC(C(=O)O)C(=O)NCCC1CCCCC1. The fourth-order valence-electron chi connectivity index (χ4n) is 2.10. The first-order valence-corrected chi connectivity index (χ1v) is 5.87. The first kappa shape index (κ1) is 13.0. The third-order valence-electron chi connectivity index (χ3n) is 3.13. The molecule has 0 heterocycles. The molecule has 0 aliphatic heterocycles. The van der Waals surface area contributed by atoms with E-state index in [0.717, 1.165) is 6.42 Å². The molecule has 0 spiro atoms. The van der Waals surface area contributed by atoms with Gasteiger partial charge in [-0.25, -0.2) is 4.79 Å². The second-order valence-corrected chi connectivity index (χ2v) is 4.40. The van der Waals surface area contributed by atoms with Crippen molar-refractivity contribution in [3.8, 4) is 0 Å². The van der Waals surface area contributed by atoms with Gasteiger partial charge in [0.05, 0.1) is 0 Å². The zero-order chi connectivity index (χ0) is 12.0. The molecule has 1 unspecified atom stereocenters. The first-order valence-electron chi connectivity index (χ1n) is 5.87. The van der Waals surface area contributed by atoms with Gasteiger partial charge < -0.3 is 16.2 Å². The summed E-state index contributed by atoms with van der Waals surface area (Å²) in [6.45, 7) is 0.532. The van der Waals surface area contributed by atoms with Gasteiger partial charge in [-0.1, -0.05) is 32.1 Å². The zero-order valence-electron chi connectivity index (χ0n) is 9.45. The lowest BCUT2D eigenvalue weighted by molar-refractivity contribution is -0.142. The Kier molecular flexibility index (Phi) is 5.25. The van der Waals surface area contributed by atoms with E-state index in [4.69, 9.17) is 10.8 Å². The molecule has 1 saturated carbocycles. The van der Waals surface area contributed by atoms with E-state index >= 15 is 0 Å². The smallest absolute Gasteiger partial charge is 0.330 e. The number of nitrogens with two attached hydrogens (primary N) is 1. The maximum atomic E-state index is 11.2. The summed E-state index contributed by atoms with van der Waals surface area (Å²) in [5.41, 5.74) is 5.17. The predicted octanol–water partition coefficient (Wildman–Crippen LogP) is 0.485. The maximum absolute atomic E-state index is 11.2. The van der Waals surface area contributed by atoms with Crippen molar-refractivity contribution in [1.29, 1.82) is 0 Å². The summed E-state index contributed by atoms with van der Waals surface area (Å²) in [7, 11) is 0. The standard InChI is InChI=1S/C11H20N2O3/c12-9(11(15)16)10(14)13-7-6-8-4-2-1-3-5-8/h8-9H,1-7,12H2,(H,13,14)(H,15,16). The molecule has 0 bridgehead atoms. The monoisotopic (exact) mass is 228 g/mol. The molecule has 1 fully saturated rings. The highest BCUT2D eigenvalue weighted by Crippen LogP contribution is 2.25. The zero-order valence-corrected chi connectivity index (χ0v) is 9.45. The minimum atomic E-state index is -1.44. The molecular formula is C11H20N2O3. The lowest BCUT2D eigenvalue weighted by Crippen LogP contribution is -2.46. The molecule has 5 nitrogen and oxygen atoms in total. The highest BCUT2D eigenvalue weighted by Gasteiger charge is 2.21. The highest BCUT2D eigenvalue weighted by atomic mass is 16.4. The maximum Gasteiger partial charge on any atom is 0.330 e. The van der Waals surface area contributed by atoms with Gasteiger partial charge in [0, 0.05) is 6.54 Å². The van der Waals surface area contributed by atoms with Crippen molar-refractivity contribution in [2.24, 2.45) is 11.7 Å². The number of nitrogens with one attached hydrogen (secondary N) is 1. The molecule has 0 aromatic heterocycles. The third-order valence-corrected chi connectivity index (χ3v) is 3.13. The van der Waals surface area contributed by atoms with Crippen LogP contribution >= 0.6 is 0 Å². The van der Waals surface area contributed by atoms with E-state index < -0.39 is 17.9 Å². The summed E-state index contributed by atoms with van der Waals surface area (Å²) < 4.78 is 0. The predicted molar refractivity (Wildman–Crippen MR) is 59.8 cm³/mol. The Labute approximate surface area is 95.4 Å². The normalized spacial score (nSPS) is 19.1. The van der Waals surface area contributed by atoms with Crippen LogP contribution in [0.4, 0.5) is 0 Å². The number of amides is 1. The number of hydrogen-bond donors (Lipinski definition) is 3. The second kappa shape index (κ2) is 6.48. The molecule has 5 heteroatoms. The lowest BCUT2D eigenvalue weighted by Gasteiger charge is -2.21. The molecule has 16 heavy (non-hydrogen) atoms. The van der Waals surface area contributed by atoms with Crippen LogP contribution in [0.5, 0.6) is 0 Å². The van der Waals surface area contributed by atoms with Crippen LogP contribution in [0.2, 0.25) is 0 Å². The van der Waals surface area contributed by atoms with Crippen molar-refractivity contribution in [1.82, 2.24) is 5.32 Å². The van der Waals surface area contributed by atoms with E-state index in [-0.39, 0.29) is 0 Å². The molecule has 0 saturated heterocycles. The van der Waals surface area contributed by atoms with Crippen molar-refractivity contribution >= 4 is 11.9 Å². The fourth-order valence-corrected chi connectivity index (χ4v) is 2.10. The van der Waals surface area contributed by atoms with Crippen LogP contribution in [0.3, 0.4) is 0 Å². The summed E-state index contributed by atoms with van der Waals surface area (Å²) in [4.78, 5) is 21.6. The van der Waals surface area contributed by atoms with Gasteiger partial charge in [0.15, 0.2) is 6.04 Å². The van der Waals surface area contributed by atoms with Crippen LogP contribution in [0.1, 0.15) is 38.5 Å². The minimum Gasteiger partial charge on any atom is -0.480 e. The Morgan fingerprint density at radius 1 is 1.31 bits per heavy atom. The first-order chi connectivity index (χ1) is 7.61. The van der Waals surface area contributed by atoms with Crippen LogP contribution in [0, 0.1) is 5.92 Å². The number of carbonyl (C=O) groups excluding carboxylic acids is 1. The Morgan fingerprint density at radius 2 is 1.94 bits per heavy atom. The summed E-state index contributed by atoms with van der Waals surface area (Å²) in [5, 5.41) is 11.1. The van der Waals surface area contributed by atoms with Gasteiger partial charge in [-0.05, 0) is 12.3 Å². The Balaban J connectivity index is 2.14. The van der Waals surface area contributed by atoms with Crippen molar-refractivity contribution < 1.29 is 14.7 Å². The van der Waals surface area contributed by atoms with E-state index in [1.807, 2.05) is 0 Å². The summed E-state index contributed by atoms with van der Waals surface area (Å²) in [6.07, 6.45) is 7.23. The number of rotatable bonds is 5. The molecule has 1 rings (SSSR count). The molecule has 1 atom stereocenters. The van der Waals surface area contributed by atoms with Gasteiger partial charge in [-0.15, -0.1) is 0 Å². The van der Waals surface area contributed by atoms with Crippen LogP contribution in [0.25, 0.3) is 0 Å². The Bertz CT molecular complexity index is 250. The van der Waals surface area contributed by atoms with Crippen molar-refractivity contribution in [2.75, 3.05) is 6.54 Å². The average Bonchev–Trinajstić information content (AvgIpc) is 2.29. The van der Waals surface area contributed by atoms with Gasteiger partial charge in [-0.2, -0.15) is 0 Å². The molecule has 0 aromatic rings. The molecule has 1 aliphatic carbocycles. The average molecular weight is 228 g/mol. The largest absolute Gasteiger partial charge is 0.480 e. The lowest BCUT2D eigenvalue weighted by atomic mass is 9.87. The second-order valence-electron chi connectivity index (χ2n) is 4.40. The number of hydrogen-bond acceptors (Lipinski definition) is 3. The van der Waals surface area contributed by atoms with Gasteiger partial charge in [0.25, 0.3) is 0 Å². The van der Waals surface area contributed by atoms with Gasteiger partial charge in [-0.3, -0.25) is 4.79 Å². The van der Waals surface area contributed by atoms with Crippen LogP contribution in [0.15, 0.2) is 0 Å². The highest BCUT2D eigenvalue weighted by molar-refractivity contribution is 6.00. The number of aliphatic carboxylic acids is 1. The van der Waals surface area contributed by atoms with Gasteiger partial charge >= 0.3 is 5.97 Å². The molecule has 0 radical (unpaired) electrons. The number of carboxylic acids is 1. The van der Waals surface area contributed by atoms with Crippen LogP contribution in [-0.4, -0.2) is 29.6 Å². The Hall–Kier alpha value is -1.10. The fraction of sp³-hybridized carbons (Fsp3) is 0.818. The van der Waals surface area contributed by atoms with E-state index in [9.17, 15) is 9.59 Å². The van der Waals surface area contributed by atoms with Crippen LogP contribution in [-0.2, 0) is 9.59 Å². The number of carboxylic acid groups (broad SMARTS) is 1. The summed E-state index contributed by atoms with van der Waals surface area (Å²) in [6, 6.07) is -1.44. The van der Waals surface area contributed by atoms with E-state index in [2.05, 4.69) is 5.32 Å². The molecule has 92 valence electrons. The van der Waals surface area contributed by atoms with E-state index in [0.29, 0.717) is 12.5 Å². The summed E-state index contributed by atoms with van der Waals surface area (Å²) >= 11 is 0. The molecule has 4 N–H and O–H groups in total. The van der Waals surface area contributed by atoms with Gasteiger partial charge in [0.1, 0.15) is 0 Å². The Morgan fingerprint density at radius 3 is 2.50 bits per heavy atom. The summed E-state index contributed by atoms with van der Waals surface area (Å²) in [5.74, 6) is -1.20. The van der Waals surface area contributed by atoms with Gasteiger partial charge in [0.2, 0.25) is 5.91 Å². The number of carbonyl (C=O) groups is 2. The van der Waals surface area contributed by atoms with Crippen molar-refractivity contribution in [3.63, 3.8) is 0 Å². The molecule has 1 amide bonds. The van der Waals surface area contributed by atoms with Crippen molar-refractivity contribution in [3.05, 3.63) is 0 Å². The van der Waals surface area contributed by atoms with Crippen LogP contribution < -0.4 is 11.1 Å². The van der Waals surface area contributed by atoms with E-state index in [1.54, 1.807) is 0 Å². The molecule has 0 aromatic carbocycles. The topological polar surface area (TPSA) is 92.4 Å². The minimum absolute atomic E-state index is 0.532. The molecule has 1 aliphatic rings.